The molecule has 5 nitrogen and oxygen atoms in total. The quantitative estimate of drug-likeness (QED) is 0.807. The van der Waals surface area contributed by atoms with Gasteiger partial charge < -0.3 is 9.84 Å². The maximum absolute atomic E-state index is 11.9. The van der Waals surface area contributed by atoms with E-state index >= 15 is 0 Å². The number of carboxylic acids is 1. The number of alkyl halides is 3. The van der Waals surface area contributed by atoms with Crippen LogP contribution in [0.3, 0.4) is 0 Å². The maximum Gasteiger partial charge on any atom is 0.410 e. The van der Waals surface area contributed by atoms with Gasteiger partial charge in [0.15, 0.2) is 0 Å². The van der Waals surface area contributed by atoms with Gasteiger partial charge in [-0.25, -0.2) is 9.59 Å². The third kappa shape index (κ3) is 3.28. The largest absolute Gasteiger partial charge is 0.480 e. The van der Waals surface area contributed by atoms with Crippen molar-refractivity contribution >= 4 is 12.1 Å². The minimum absolute atomic E-state index is 0.00106. The van der Waals surface area contributed by atoms with Crippen LogP contribution in [-0.4, -0.2) is 47.4 Å². The Morgan fingerprint density at radius 1 is 1.56 bits per heavy atom. The van der Waals surface area contributed by atoms with E-state index in [4.69, 9.17) is 5.11 Å². The molecule has 1 atom stereocenters. The van der Waals surface area contributed by atoms with Gasteiger partial charge in [0.2, 0.25) is 0 Å². The van der Waals surface area contributed by atoms with Gasteiger partial charge in [0.1, 0.15) is 6.04 Å². The monoisotopic (exact) mass is 241 g/mol. The molecule has 1 aliphatic rings. The summed E-state index contributed by atoms with van der Waals surface area (Å²) in [6.45, 7) is -0.780. The summed E-state index contributed by atoms with van der Waals surface area (Å²) in [6.07, 6.45) is -6.69. The summed E-state index contributed by atoms with van der Waals surface area (Å²) in [6, 6.07) is -1.23. The molecule has 8 heteroatoms. The topological polar surface area (TPSA) is 66.8 Å². The zero-order valence-corrected chi connectivity index (χ0v) is 8.16. The van der Waals surface area contributed by atoms with Gasteiger partial charge in [-0.1, -0.05) is 0 Å². The van der Waals surface area contributed by atoms with Crippen LogP contribution in [0.1, 0.15) is 12.8 Å². The average molecular weight is 241 g/mol. The highest BCUT2D eigenvalue weighted by molar-refractivity contribution is 5.80. The fourth-order valence-corrected chi connectivity index (χ4v) is 1.37. The molecule has 1 N–H and O–H groups in total. The Kier molecular flexibility index (Phi) is 3.61. The molecule has 1 rings (SSSR count). The number of aliphatic carboxylic acids is 1. The zero-order valence-electron chi connectivity index (χ0n) is 8.16. The Morgan fingerprint density at radius 3 is 2.69 bits per heavy atom. The maximum atomic E-state index is 11.9. The van der Waals surface area contributed by atoms with Crippen molar-refractivity contribution in [1.29, 1.82) is 0 Å². The summed E-state index contributed by atoms with van der Waals surface area (Å²) < 4.78 is 40.3. The molecule has 92 valence electrons. The second kappa shape index (κ2) is 4.58. The molecule has 0 saturated carbocycles. The van der Waals surface area contributed by atoms with Crippen molar-refractivity contribution in [1.82, 2.24) is 4.90 Å². The van der Waals surface area contributed by atoms with Crippen molar-refractivity contribution < 1.29 is 32.6 Å². The van der Waals surface area contributed by atoms with Crippen molar-refractivity contribution in [3.8, 4) is 0 Å². The molecule has 1 unspecified atom stereocenters. The Morgan fingerprint density at radius 2 is 2.19 bits per heavy atom. The van der Waals surface area contributed by atoms with Crippen LogP contribution in [-0.2, 0) is 9.53 Å². The molecule has 0 aromatic carbocycles. The number of halogens is 3. The van der Waals surface area contributed by atoms with E-state index in [1.165, 1.54) is 0 Å². The van der Waals surface area contributed by atoms with E-state index in [0.717, 1.165) is 0 Å². The van der Waals surface area contributed by atoms with Crippen molar-refractivity contribution in [2.24, 2.45) is 0 Å². The third-order valence-electron chi connectivity index (χ3n) is 2.15. The molecule has 0 radical (unpaired) electrons. The van der Waals surface area contributed by atoms with Gasteiger partial charge in [-0.2, -0.15) is 13.2 Å². The second-order valence-corrected chi connectivity index (χ2v) is 3.32. The molecule has 0 bridgehead atoms. The van der Waals surface area contributed by atoms with E-state index in [9.17, 15) is 22.8 Å². The number of hydrogen-bond donors (Lipinski definition) is 1. The van der Waals surface area contributed by atoms with Gasteiger partial charge in [0.25, 0.3) is 0 Å². The minimum Gasteiger partial charge on any atom is -0.480 e. The van der Waals surface area contributed by atoms with Crippen LogP contribution in [0.25, 0.3) is 0 Å². The fraction of sp³-hybridized carbons (Fsp3) is 0.750. The van der Waals surface area contributed by atoms with Crippen LogP contribution in [0.2, 0.25) is 0 Å². The summed E-state index contributed by atoms with van der Waals surface area (Å²) in [7, 11) is 0. The summed E-state index contributed by atoms with van der Waals surface area (Å²) in [4.78, 5) is 22.4. The van der Waals surface area contributed by atoms with Crippen LogP contribution in [0.5, 0.6) is 0 Å². The van der Waals surface area contributed by atoms with Crippen LogP contribution in [0.15, 0.2) is 0 Å². The van der Waals surface area contributed by atoms with E-state index in [0.29, 0.717) is 4.90 Å². The first kappa shape index (κ1) is 12.6. The van der Waals surface area contributed by atoms with Gasteiger partial charge in [-0.3, -0.25) is 4.90 Å². The number of amides is 1. The number of carbonyl (C=O) groups is 2. The summed E-state index contributed by atoms with van der Waals surface area (Å²) in [5.41, 5.74) is 0. The number of carbonyl (C=O) groups excluding carboxylic acids is 1. The highest BCUT2D eigenvalue weighted by Crippen LogP contribution is 2.22. The van der Waals surface area contributed by atoms with Crippen molar-refractivity contribution in [2.45, 2.75) is 25.1 Å². The van der Waals surface area contributed by atoms with Crippen LogP contribution in [0, 0.1) is 0 Å². The first-order chi connectivity index (χ1) is 7.31. The molecule has 1 aliphatic heterocycles. The molecule has 1 heterocycles. The highest BCUT2D eigenvalue weighted by atomic mass is 19.4. The summed E-state index contributed by atoms with van der Waals surface area (Å²) in [5.74, 6) is -1.32. The Balaban J connectivity index is 2.64. The van der Waals surface area contributed by atoms with Crippen LogP contribution in [0.4, 0.5) is 18.0 Å². The predicted molar refractivity (Wildman–Crippen MR) is 44.8 cm³/mol. The standard InChI is InChI=1S/C8H10F3NO4/c9-8(10,11)2-3-12-5(6(13)14)1-4-16-7(12)15/h5H,1-4H2,(H,13,14). The fourth-order valence-electron chi connectivity index (χ4n) is 1.37. The molecule has 1 saturated heterocycles. The van der Waals surface area contributed by atoms with E-state index in [2.05, 4.69) is 4.74 Å². The molecular formula is C8H10F3NO4. The van der Waals surface area contributed by atoms with Crippen LogP contribution < -0.4 is 0 Å². The Bertz CT molecular complexity index is 291. The van der Waals surface area contributed by atoms with Crippen molar-refractivity contribution in [2.75, 3.05) is 13.2 Å². The van der Waals surface area contributed by atoms with E-state index in [1.807, 2.05) is 0 Å². The first-order valence-corrected chi connectivity index (χ1v) is 4.54. The average Bonchev–Trinajstić information content (AvgIpc) is 2.13. The van der Waals surface area contributed by atoms with Gasteiger partial charge >= 0.3 is 18.2 Å². The Hall–Kier alpha value is -1.47. The SMILES string of the molecule is O=C(O)C1CCOC(=O)N1CCC(F)(F)F. The highest BCUT2D eigenvalue weighted by Gasteiger charge is 2.37. The molecule has 1 amide bonds. The van der Waals surface area contributed by atoms with Gasteiger partial charge in [-0.15, -0.1) is 0 Å². The summed E-state index contributed by atoms with van der Waals surface area (Å²) in [5, 5.41) is 8.73. The molecule has 0 aromatic heterocycles. The molecule has 0 spiro atoms. The van der Waals surface area contributed by atoms with Gasteiger partial charge in [0, 0.05) is 13.0 Å². The van der Waals surface area contributed by atoms with Crippen molar-refractivity contribution in [3.63, 3.8) is 0 Å². The molecular weight excluding hydrogens is 231 g/mol. The molecule has 0 aliphatic carbocycles. The lowest BCUT2D eigenvalue weighted by Gasteiger charge is -2.32. The molecule has 16 heavy (non-hydrogen) atoms. The van der Waals surface area contributed by atoms with E-state index in [-0.39, 0.29) is 13.0 Å². The minimum atomic E-state index is -4.43. The third-order valence-corrected chi connectivity index (χ3v) is 2.15. The Labute approximate surface area is 88.8 Å². The number of ether oxygens (including phenoxy) is 1. The number of nitrogens with zero attached hydrogens (tertiary/aromatic N) is 1. The zero-order chi connectivity index (χ0) is 12.3. The lowest BCUT2D eigenvalue weighted by Crippen LogP contribution is -2.50. The van der Waals surface area contributed by atoms with Gasteiger partial charge in [0.05, 0.1) is 13.0 Å². The summed E-state index contributed by atoms with van der Waals surface area (Å²) >= 11 is 0. The lowest BCUT2D eigenvalue weighted by atomic mass is 10.1. The number of carboxylic acid groups (broad SMARTS) is 1. The molecule has 1 fully saturated rings. The second-order valence-electron chi connectivity index (χ2n) is 3.32. The predicted octanol–water partition coefficient (Wildman–Crippen LogP) is 1.23. The smallest absolute Gasteiger partial charge is 0.410 e. The normalized spacial score (nSPS) is 21.8. The van der Waals surface area contributed by atoms with Gasteiger partial charge in [-0.05, 0) is 0 Å². The van der Waals surface area contributed by atoms with Crippen molar-refractivity contribution in [3.05, 3.63) is 0 Å². The lowest BCUT2D eigenvalue weighted by molar-refractivity contribution is -0.151. The van der Waals surface area contributed by atoms with E-state index < -0.39 is 37.2 Å². The number of hydrogen-bond acceptors (Lipinski definition) is 3. The molecule has 0 aromatic rings. The van der Waals surface area contributed by atoms with Crippen LogP contribution >= 0.6 is 0 Å². The number of cyclic esters (lactones) is 1. The number of rotatable bonds is 3. The first-order valence-electron chi connectivity index (χ1n) is 4.54. The van der Waals surface area contributed by atoms with E-state index in [1.54, 1.807) is 0 Å².